The molecule has 1 N–H and O–H groups in total. The molecule has 1 atom stereocenters. The van der Waals surface area contributed by atoms with E-state index in [0.29, 0.717) is 5.92 Å². The Morgan fingerprint density at radius 1 is 1.25 bits per heavy atom. The lowest BCUT2D eigenvalue weighted by Crippen LogP contribution is -2.27. The first-order valence-corrected chi connectivity index (χ1v) is 7.56. The zero-order valence-corrected chi connectivity index (χ0v) is 12.2. The average molecular weight is 275 g/mol. The maximum Gasteiger partial charge on any atom is 0.134 e. The lowest BCUT2D eigenvalue weighted by atomic mass is 9.82. The Kier molecular flexibility index (Phi) is 3.79. The Hall–Kier alpha value is -1.35. The van der Waals surface area contributed by atoms with Crippen LogP contribution in [0.3, 0.4) is 0 Å². The van der Waals surface area contributed by atoms with Gasteiger partial charge in [-0.15, -0.1) is 0 Å². The van der Waals surface area contributed by atoms with Gasteiger partial charge in [-0.05, 0) is 50.9 Å². The van der Waals surface area contributed by atoms with Crippen molar-refractivity contribution >= 4 is 11.0 Å². The molecule has 1 fully saturated rings. The molecule has 1 unspecified atom stereocenters. The summed E-state index contributed by atoms with van der Waals surface area (Å²) in [4.78, 5) is 0. The van der Waals surface area contributed by atoms with E-state index in [9.17, 15) is 4.39 Å². The van der Waals surface area contributed by atoms with E-state index >= 15 is 0 Å². The molecular formula is C17H22FNO. The summed E-state index contributed by atoms with van der Waals surface area (Å²) < 4.78 is 19.4. The number of benzene rings is 1. The fourth-order valence-corrected chi connectivity index (χ4v) is 3.56. The van der Waals surface area contributed by atoms with Crippen LogP contribution in [0.1, 0.15) is 49.5 Å². The van der Waals surface area contributed by atoms with Crippen LogP contribution in [0.5, 0.6) is 0 Å². The van der Waals surface area contributed by atoms with Crippen molar-refractivity contribution in [3.63, 3.8) is 0 Å². The van der Waals surface area contributed by atoms with Gasteiger partial charge in [0.05, 0.1) is 6.04 Å². The Balaban J connectivity index is 2.00. The van der Waals surface area contributed by atoms with Crippen LogP contribution in [0.25, 0.3) is 11.0 Å². The molecule has 1 saturated carbocycles. The number of aryl methyl sites for hydroxylation is 1. The highest BCUT2D eigenvalue weighted by atomic mass is 19.1. The molecule has 0 radical (unpaired) electrons. The van der Waals surface area contributed by atoms with Gasteiger partial charge in [0.15, 0.2) is 0 Å². The van der Waals surface area contributed by atoms with Gasteiger partial charge < -0.3 is 9.73 Å². The van der Waals surface area contributed by atoms with Crippen LogP contribution in [0.2, 0.25) is 0 Å². The summed E-state index contributed by atoms with van der Waals surface area (Å²) in [5, 5.41) is 4.32. The third-order valence-electron chi connectivity index (χ3n) is 4.65. The maximum absolute atomic E-state index is 13.4. The van der Waals surface area contributed by atoms with Crippen molar-refractivity contribution in [1.82, 2.24) is 5.32 Å². The van der Waals surface area contributed by atoms with Crippen molar-refractivity contribution in [2.45, 2.75) is 45.1 Å². The molecule has 108 valence electrons. The third kappa shape index (κ3) is 2.35. The van der Waals surface area contributed by atoms with E-state index in [1.807, 2.05) is 14.0 Å². The fraction of sp³-hybridized carbons (Fsp3) is 0.529. The normalized spacial score (nSPS) is 18.6. The molecule has 0 bridgehead atoms. The standard InChI is InChI=1S/C17H22FNO/c1-11-14-10-13(18)8-9-15(14)20-17(11)16(19-2)12-6-4-3-5-7-12/h8-10,12,16,19H,3-7H2,1-2H3. The van der Waals surface area contributed by atoms with Gasteiger partial charge in [-0.25, -0.2) is 4.39 Å². The summed E-state index contributed by atoms with van der Waals surface area (Å²) in [5.74, 6) is 1.41. The average Bonchev–Trinajstić information content (AvgIpc) is 2.78. The number of hydrogen-bond acceptors (Lipinski definition) is 2. The zero-order chi connectivity index (χ0) is 14.1. The smallest absolute Gasteiger partial charge is 0.134 e. The molecule has 1 aromatic carbocycles. The predicted octanol–water partition coefficient (Wildman–Crippen LogP) is 4.72. The molecule has 0 amide bonds. The molecule has 1 aromatic heterocycles. The first-order chi connectivity index (χ1) is 9.70. The van der Waals surface area contributed by atoms with Gasteiger partial charge >= 0.3 is 0 Å². The van der Waals surface area contributed by atoms with Crippen molar-refractivity contribution in [2.24, 2.45) is 5.92 Å². The number of nitrogens with one attached hydrogen (secondary N) is 1. The first-order valence-electron chi connectivity index (χ1n) is 7.56. The Morgan fingerprint density at radius 3 is 2.70 bits per heavy atom. The quantitative estimate of drug-likeness (QED) is 0.876. The first kappa shape index (κ1) is 13.6. The number of fused-ring (bicyclic) bond motifs is 1. The molecule has 1 aliphatic rings. The number of furan rings is 1. The van der Waals surface area contributed by atoms with Gasteiger partial charge in [-0.3, -0.25) is 0 Å². The summed E-state index contributed by atoms with van der Waals surface area (Å²) in [6.07, 6.45) is 6.44. The van der Waals surface area contributed by atoms with Gasteiger partial charge in [0.2, 0.25) is 0 Å². The number of hydrogen-bond donors (Lipinski definition) is 1. The third-order valence-corrected chi connectivity index (χ3v) is 4.65. The van der Waals surface area contributed by atoms with Gasteiger partial charge in [0, 0.05) is 10.9 Å². The zero-order valence-electron chi connectivity index (χ0n) is 12.2. The molecule has 1 aliphatic carbocycles. The van der Waals surface area contributed by atoms with Crippen LogP contribution in [-0.2, 0) is 0 Å². The summed E-state index contributed by atoms with van der Waals surface area (Å²) in [7, 11) is 1.99. The highest BCUT2D eigenvalue weighted by Crippen LogP contribution is 2.38. The molecule has 2 nitrogen and oxygen atoms in total. The van der Waals surface area contributed by atoms with Crippen LogP contribution < -0.4 is 5.32 Å². The van der Waals surface area contributed by atoms with Crippen LogP contribution in [0, 0.1) is 18.7 Å². The molecule has 0 aliphatic heterocycles. The molecule has 20 heavy (non-hydrogen) atoms. The number of rotatable bonds is 3. The van der Waals surface area contributed by atoms with E-state index in [1.54, 1.807) is 12.1 Å². The molecule has 2 aromatic rings. The highest BCUT2D eigenvalue weighted by molar-refractivity contribution is 5.82. The maximum atomic E-state index is 13.4. The molecule has 0 spiro atoms. The van der Waals surface area contributed by atoms with Crippen molar-refractivity contribution in [3.8, 4) is 0 Å². The van der Waals surface area contributed by atoms with Gasteiger partial charge in [0.25, 0.3) is 0 Å². The van der Waals surface area contributed by atoms with Crippen LogP contribution in [0.4, 0.5) is 4.39 Å². The van der Waals surface area contributed by atoms with E-state index in [-0.39, 0.29) is 11.9 Å². The molecule has 3 heteroatoms. The summed E-state index contributed by atoms with van der Waals surface area (Å²) in [6, 6.07) is 5.01. The Morgan fingerprint density at radius 2 is 2.00 bits per heavy atom. The van der Waals surface area contributed by atoms with E-state index in [1.165, 1.54) is 38.2 Å². The second-order valence-electron chi connectivity index (χ2n) is 5.90. The second kappa shape index (κ2) is 5.57. The largest absolute Gasteiger partial charge is 0.459 e. The summed E-state index contributed by atoms with van der Waals surface area (Å²) in [6.45, 7) is 2.04. The molecule has 0 saturated heterocycles. The van der Waals surface area contributed by atoms with E-state index in [0.717, 1.165) is 22.3 Å². The van der Waals surface area contributed by atoms with Crippen molar-refractivity contribution in [1.29, 1.82) is 0 Å². The predicted molar refractivity (Wildman–Crippen MR) is 79.3 cm³/mol. The Labute approximate surface area is 119 Å². The van der Waals surface area contributed by atoms with Crippen LogP contribution in [-0.4, -0.2) is 7.05 Å². The minimum atomic E-state index is -0.202. The summed E-state index contributed by atoms with van der Waals surface area (Å²) >= 11 is 0. The molecule has 3 rings (SSSR count). The van der Waals surface area contributed by atoms with Crippen molar-refractivity contribution in [3.05, 3.63) is 35.3 Å². The summed E-state index contributed by atoms with van der Waals surface area (Å²) in [5.41, 5.74) is 1.86. The van der Waals surface area contributed by atoms with Gasteiger partial charge in [0.1, 0.15) is 17.2 Å². The molecular weight excluding hydrogens is 253 g/mol. The lowest BCUT2D eigenvalue weighted by Gasteiger charge is -2.29. The molecule has 1 heterocycles. The Bertz CT molecular complexity index is 598. The van der Waals surface area contributed by atoms with Crippen LogP contribution in [0.15, 0.2) is 22.6 Å². The minimum absolute atomic E-state index is 0.202. The van der Waals surface area contributed by atoms with Gasteiger partial charge in [-0.1, -0.05) is 19.3 Å². The monoisotopic (exact) mass is 275 g/mol. The van der Waals surface area contributed by atoms with E-state index in [4.69, 9.17) is 4.42 Å². The van der Waals surface area contributed by atoms with Crippen molar-refractivity contribution in [2.75, 3.05) is 7.05 Å². The topological polar surface area (TPSA) is 25.2 Å². The second-order valence-corrected chi connectivity index (χ2v) is 5.90. The van der Waals surface area contributed by atoms with Crippen LogP contribution >= 0.6 is 0 Å². The minimum Gasteiger partial charge on any atom is -0.459 e. The number of halogens is 1. The lowest BCUT2D eigenvalue weighted by molar-refractivity contribution is 0.256. The van der Waals surface area contributed by atoms with E-state index in [2.05, 4.69) is 5.32 Å². The fourth-order valence-electron chi connectivity index (χ4n) is 3.56. The van der Waals surface area contributed by atoms with Crippen molar-refractivity contribution < 1.29 is 8.81 Å². The SMILES string of the molecule is CNC(c1oc2ccc(F)cc2c1C)C1CCCCC1. The highest BCUT2D eigenvalue weighted by Gasteiger charge is 2.28. The van der Waals surface area contributed by atoms with Gasteiger partial charge in [-0.2, -0.15) is 0 Å². The van der Waals surface area contributed by atoms with E-state index < -0.39 is 0 Å².